The highest BCUT2D eigenvalue weighted by Crippen LogP contribution is 2.24. The number of alkyl halides is 3. The molecule has 2 aromatic heterocycles. The van der Waals surface area contributed by atoms with Crippen LogP contribution in [0.1, 0.15) is 22.3 Å². The zero-order chi connectivity index (χ0) is 28.2. The number of rotatable bonds is 9. The Hall–Kier alpha value is -3.88. The molecule has 3 aromatic rings. The number of aromatic amines is 1. The molecule has 0 aliphatic carbocycles. The molecule has 39 heavy (non-hydrogen) atoms. The maximum atomic E-state index is 14.9. The van der Waals surface area contributed by atoms with Crippen molar-refractivity contribution in [2.45, 2.75) is 31.3 Å². The first-order valence-electron chi connectivity index (χ1n) is 12.0. The summed E-state index contributed by atoms with van der Waals surface area (Å²) in [7, 11) is 0. The van der Waals surface area contributed by atoms with Gasteiger partial charge in [-0.2, -0.15) is 13.2 Å². The zero-order valence-electron chi connectivity index (χ0n) is 20.4. The van der Waals surface area contributed by atoms with Gasteiger partial charge in [0.05, 0.1) is 11.5 Å². The van der Waals surface area contributed by atoms with Gasteiger partial charge < -0.3 is 30.4 Å². The zero-order valence-corrected chi connectivity index (χ0v) is 20.4. The second-order valence-corrected chi connectivity index (χ2v) is 9.01. The smallest absolute Gasteiger partial charge is 0.390 e. The number of aliphatic hydroxyl groups excluding tert-OH is 1. The van der Waals surface area contributed by atoms with E-state index in [4.69, 9.17) is 0 Å². The van der Waals surface area contributed by atoms with Crippen LogP contribution in [0.25, 0.3) is 11.0 Å². The number of H-pyrrole nitrogens is 1. The van der Waals surface area contributed by atoms with Crippen molar-refractivity contribution in [1.82, 2.24) is 20.6 Å². The van der Waals surface area contributed by atoms with Gasteiger partial charge >= 0.3 is 18.1 Å². The Morgan fingerprint density at radius 2 is 1.97 bits per heavy atom. The lowest BCUT2D eigenvalue weighted by Crippen LogP contribution is -2.41. The number of nitrogens with one attached hydrogen (secondary N) is 3. The van der Waals surface area contributed by atoms with Crippen LogP contribution in [0.4, 0.5) is 23.4 Å². The quantitative estimate of drug-likeness (QED) is 0.178. The fourth-order valence-corrected chi connectivity index (χ4v) is 4.16. The Bertz CT molecular complexity index is 1400. The average molecular weight is 551 g/mol. The van der Waals surface area contributed by atoms with E-state index in [0.717, 1.165) is 17.8 Å². The maximum absolute atomic E-state index is 14.9. The van der Waals surface area contributed by atoms with Gasteiger partial charge in [-0.3, -0.25) is 4.79 Å². The lowest BCUT2D eigenvalue weighted by Gasteiger charge is -2.20. The van der Waals surface area contributed by atoms with Crippen molar-refractivity contribution in [3.63, 3.8) is 0 Å². The number of carbonyl (C=O) groups excluding carboxylic acids is 2. The van der Waals surface area contributed by atoms with E-state index in [0.29, 0.717) is 39.1 Å². The number of ether oxygens (including phenoxy) is 1. The molecule has 1 saturated heterocycles. The molecule has 1 aliphatic rings. The normalized spacial score (nSPS) is 16.4. The number of esters is 2. The van der Waals surface area contributed by atoms with Crippen molar-refractivity contribution in [3.8, 4) is 0 Å². The Balaban J connectivity index is 1.35. The Morgan fingerprint density at radius 1 is 1.23 bits per heavy atom. The number of nitrogens with zero attached hydrogens (tertiary/aromatic N) is 2. The van der Waals surface area contributed by atoms with Crippen LogP contribution < -0.4 is 21.0 Å². The van der Waals surface area contributed by atoms with Crippen LogP contribution in [0.5, 0.6) is 0 Å². The second-order valence-electron chi connectivity index (χ2n) is 9.01. The number of halogens is 4. The van der Waals surface area contributed by atoms with Crippen molar-refractivity contribution in [2.24, 2.45) is 0 Å². The van der Waals surface area contributed by atoms with Crippen LogP contribution in [0.2, 0.25) is 0 Å². The molecule has 0 spiro atoms. The average Bonchev–Trinajstić information content (AvgIpc) is 3.36. The van der Waals surface area contributed by atoms with E-state index in [1.54, 1.807) is 4.90 Å². The molecule has 3 heterocycles. The van der Waals surface area contributed by atoms with E-state index in [2.05, 4.69) is 25.3 Å². The molecule has 2 unspecified atom stereocenters. The highest BCUT2D eigenvalue weighted by atomic mass is 19.4. The van der Waals surface area contributed by atoms with Crippen LogP contribution in [-0.2, 0) is 16.1 Å². The summed E-state index contributed by atoms with van der Waals surface area (Å²) in [6.07, 6.45) is -4.68. The molecule has 208 valence electrons. The molecule has 4 rings (SSSR count). The molecule has 0 saturated carbocycles. The van der Waals surface area contributed by atoms with E-state index in [1.165, 1.54) is 0 Å². The summed E-state index contributed by atoms with van der Waals surface area (Å²) in [6.45, 7) is 2.12. The first-order valence-corrected chi connectivity index (χ1v) is 12.0. The summed E-state index contributed by atoms with van der Waals surface area (Å²) in [5, 5.41) is 16.3. The number of pyridine rings is 2. The number of aromatic nitrogens is 2. The van der Waals surface area contributed by atoms with E-state index in [9.17, 15) is 37.1 Å². The minimum Gasteiger partial charge on any atom is -0.390 e. The molecule has 1 aromatic carbocycles. The van der Waals surface area contributed by atoms with E-state index in [-0.39, 0.29) is 17.5 Å². The predicted molar refractivity (Wildman–Crippen MR) is 132 cm³/mol. The van der Waals surface area contributed by atoms with Gasteiger partial charge in [0, 0.05) is 45.0 Å². The summed E-state index contributed by atoms with van der Waals surface area (Å²) >= 11 is 0. The molecular weight excluding hydrogens is 526 g/mol. The molecule has 0 radical (unpaired) electrons. The van der Waals surface area contributed by atoms with Crippen LogP contribution in [-0.4, -0.2) is 71.5 Å². The number of hydrogen-bond acceptors (Lipinski definition) is 9. The molecule has 14 heteroatoms. The van der Waals surface area contributed by atoms with Gasteiger partial charge in [-0.15, -0.1) is 0 Å². The third-order valence-corrected chi connectivity index (χ3v) is 6.12. The van der Waals surface area contributed by atoms with E-state index < -0.39 is 46.4 Å². The first-order chi connectivity index (χ1) is 18.5. The van der Waals surface area contributed by atoms with E-state index >= 15 is 0 Å². The third-order valence-electron chi connectivity index (χ3n) is 6.12. The van der Waals surface area contributed by atoms with Crippen LogP contribution in [0, 0.1) is 5.82 Å². The summed E-state index contributed by atoms with van der Waals surface area (Å²) in [5.41, 5.74) is -1.05. The molecular formula is C25H25F4N5O5. The minimum atomic E-state index is -5.43. The van der Waals surface area contributed by atoms with Crippen molar-refractivity contribution in [2.75, 3.05) is 31.1 Å². The van der Waals surface area contributed by atoms with Gasteiger partial charge in [-0.25, -0.2) is 19.0 Å². The van der Waals surface area contributed by atoms with Crippen LogP contribution in [0.15, 0.2) is 47.4 Å². The maximum Gasteiger partial charge on any atom is 0.491 e. The number of fused-ring (bicyclic) bond motifs is 1. The first kappa shape index (κ1) is 28.1. The molecule has 4 N–H and O–H groups in total. The summed E-state index contributed by atoms with van der Waals surface area (Å²) in [6, 6.07) is 10.5. The van der Waals surface area contributed by atoms with Crippen LogP contribution in [0.3, 0.4) is 0 Å². The van der Waals surface area contributed by atoms with Gasteiger partial charge in [-0.1, -0.05) is 30.3 Å². The number of anilines is 1. The second kappa shape index (κ2) is 11.9. The highest BCUT2D eigenvalue weighted by Gasteiger charge is 2.43. The monoisotopic (exact) mass is 551 g/mol. The fourth-order valence-electron chi connectivity index (χ4n) is 4.16. The number of benzene rings is 1. The molecule has 10 nitrogen and oxygen atoms in total. The van der Waals surface area contributed by atoms with Gasteiger partial charge in [0.2, 0.25) is 5.43 Å². The Morgan fingerprint density at radius 3 is 2.69 bits per heavy atom. The summed E-state index contributed by atoms with van der Waals surface area (Å²) < 4.78 is 55.7. The summed E-state index contributed by atoms with van der Waals surface area (Å²) in [5.74, 6) is -5.54. The van der Waals surface area contributed by atoms with E-state index in [1.807, 2.05) is 30.3 Å². The number of carbonyl (C=O) groups is 2. The molecule has 2 atom stereocenters. The van der Waals surface area contributed by atoms with Gasteiger partial charge in [0.15, 0.2) is 11.6 Å². The molecule has 1 aliphatic heterocycles. The van der Waals surface area contributed by atoms with Crippen LogP contribution >= 0.6 is 0 Å². The Labute approximate surface area is 219 Å². The van der Waals surface area contributed by atoms with Crippen molar-refractivity contribution in [1.29, 1.82) is 0 Å². The molecule has 0 amide bonds. The molecule has 0 bridgehead atoms. The topological polar surface area (TPSA) is 137 Å². The summed E-state index contributed by atoms with van der Waals surface area (Å²) in [4.78, 5) is 43.6. The SMILES string of the molecule is O=C(OC(=O)C(F)(F)F)c1c[nH]c2nc(N3CCC(NCC(O)CNCc4ccccc4)C3)c(F)cc2c1=O. The minimum absolute atomic E-state index is 0.0601. The van der Waals surface area contributed by atoms with Gasteiger partial charge in [-0.05, 0) is 18.1 Å². The predicted octanol–water partition coefficient (Wildman–Crippen LogP) is 1.63. The number of hydrogen-bond donors (Lipinski definition) is 4. The highest BCUT2D eigenvalue weighted by molar-refractivity contribution is 5.99. The lowest BCUT2D eigenvalue weighted by atomic mass is 10.2. The van der Waals surface area contributed by atoms with Gasteiger partial charge in [0.25, 0.3) is 0 Å². The standard InChI is InChI=1S/C25H25F4N5O5/c26-19-8-17-20(36)18(23(37)39-24(38)25(27,28)29)12-32-21(17)33-22(19)34-7-6-15(13-34)31-11-16(35)10-30-9-14-4-2-1-3-5-14/h1-5,8,12,15-16,30-31,35H,6-7,9-11,13H2,(H,32,33,36). The Kier molecular flexibility index (Phi) is 8.57. The van der Waals surface area contributed by atoms with Crippen molar-refractivity contribution < 1.29 is 37.0 Å². The number of aliphatic hydroxyl groups is 1. The van der Waals surface area contributed by atoms with Crippen molar-refractivity contribution in [3.05, 3.63) is 69.8 Å². The third kappa shape index (κ3) is 6.96. The lowest BCUT2D eigenvalue weighted by molar-refractivity contribution is -0.193. The molecule has 1 fully saturated rings. The van der Waals surface area contributed by atoms with Gasteiger partial charge in [0.1, 0.15) is 11.2 Å². The largest absolute Gasteiger partial charge is 0.491 e. The van der Waals surface area contributed by atoms with Crippen molar-refractivity contribution >= 4 is 28.8 Å². The fraction of sp³-hybridized carbons (Fsp3) is 0.360.